The Hall–Kier alpha value is -1.89. The van der Waals surface area contributed by atoms with Gasteiger partial charge in [0, 0.05) is 13.1 Å². The van der Waals surface area contributed by atoms with Crippen molar-refractivity contribution < 1.29 is 4.79 Å². The molecule has 2 aromatic rings. The van der Waals surface area contributed by atoms with Gasteiger partial charge in [-0.1, -0.05) is 30.7 Å². The molecule has 0 saturated carbocycles. The van der Waals surface area contributed by atoms with Crippen molar-refractivity contribution in [2.75, 3.05) is 13.1 Å². The number of thioether (sulfide) groups is 1. The van der Waals surface area contributed by atoms with Crippen LogP contribution < -0.4 is 0 Å². The minimum absolute atomic E-state index is 0.182. The zero-order valence-electron chi connectivity index (χ0n) is 15.1. The van der Waals surface area contributed by atoms with E-state index in [1.54, 1.807) is 4.68 Å². The molecular formula is C18H25N5OS. The number of amides is 1. The fourth-order valence-corrected chi connectivity index (χ4v) is 3.92. The van der Waals surface area contributed by atoms with Gasteiger partial charge in [-0.05, 0) is 67.3 Å². The second-order valence-electron chi connectivity index (χ2n) is 6.64. The minimum Gasteiger partial charge on any atom is -0.342 e. The van der Waals surface area contributed by atoms with Crippen molar-refractivity contribution >= 4 is 17.7 Å². The maximum Gasteiger partial charge on any atom is 0.235 e. The van der Waals surface area contributed by atoms with Crippen molar-refractivity contribution in [2.45, 2.75) is 56.9 Å². The molecule has 1 fully saturated rings. The van der Waals surface area contributed by atoms with Crippen molar-refractivity contribution in [1.29, 1.82) is 0 Å². The first kappa shape index (κ1) is 17.9. The molecule has 0 spiro atoms. The van der Waals surface area contributed by atoms with E-state index in [0.29, 0.717) is 5.16 Å². The van der Waals surface area contributed by atoms with E-state index in [-0.39, 0.29) is 11.2 Å². The summed E-state index contributed by atoms with van der Waals surface area (Å²) < 4.78 is 1.71. The Morgan fingerprint density at radius 3 is 2.52 bits per heavy atom. The minimum atomic E-state index is -0.200. The average Bonchev–Trinajstić information content (AvgIpc) is 2.89. The van der Waals surface area contributed by atoms with E-state index in [2.05, 4.69) is 41.5 Å². The Bertz CT molecular complexity index is 737. The van der Waals surface area contributed by atoms with E-state index in [0.717, 1.165) is 31.6 Å². The van der Waals surface area contributed by atoms with Gasteiger partial charge in [0.2, 0.25) is 11.1 Å². The van der Waals surface area contributed by atoms with Crippen LogP contribution in [0.3, 0.4) is 0 Å². The number of benzene rings is 1. The third-order valence-electron chi connectivity index (χ3n) is 4.72. The van der Waals surface area contributed by atoms with E-state index in [4.69, 9.17) is 0 Å². The molecule has 1 amide bonds. The van der Waals surface area contributed by atoms with Gasteiger partial charge < -0.3 is 4.90 Å². The second kappa shape index (κ2) is 7.99. The van der Waals surface area contributed by atoms with Crippen molar-refractivity contribution in [1.82, 2.24) is 25.1 Å². The van der Waals surface area contributed by atoms with Gasteiger partial charge in [-0.15, -0.1) is 5.10 Å². The number of likely N-dealkylation sites (tertiary alicyclic amines) is 1. The molecule has 0 aliphatic carbocycles. The molecule has 1 aliphatic heterocycles. The Kier molecular flexibility index (Phi) is 5.73. The molecule has 0 N–H and O–H groups in total. The second-order valence-corrected chi connectivity index (χ2v) is 7.95. The predicted molar refractivity (Wildman–Crippen MR) is 99.0 cm³/mol. The van der Waals surface area contributed by atoms with Crippen LogP contribution in [0.4, 0.5) is 0 Å². The molecular weight excluding hydrogens is 334 g/mol. The van der Waals surface area contributed by atoms with Gasteiger partial charge >= 0.3 is 0 Å². The van der Waals surface area contributed by atoms with Gasteiger partial charge in [-0.2, -0.15) is 4.68 Å². The lowest BCUT2D eigenvalue weighted by Gasteiger charge is -2.23. The monoisotopic (exact) mass is 359 g/mol. The summed E-state index contributed by atoms with van der Waals surface area (Å²) in [7, 11) is 0. The Morgan fingerprint density at radius 2 is 1.84 bits per heavy atom. The molecule has 134 valence electrons. The summed E-state index contributed by atoms with van der Waals surface area (Å²) in [6.45, 7) is 7.83. The van der Waals surface area contributed by atoms with Gasteiger partial charge in [0.15, 0.2) is 0 Å². The van der Waals surface area contributed by atoms with Crippen molar-refractivity contribution in [3.63, 3.8) is 0 Å². The van der Waals surface area contributed by atoms with Crippen LogP contribution in [0.5, 0.6) is 0 Å². The first-order valence-electron chi connectivity index (χ1n) is 8.87. The van der Waals surface area contributed by atoms with Gasteiger partial charge in [0.05, 0.1) is 10.9 Å². The SMILES string of the molecule is Cc1ccc(-n2nnnc2SC(C)C(=O)N2CCCCCC2)cc1C. The summed E-state index contributed by atoms with van der Waals surface area (Å²) in [4.78, 5) is 14.7. The number of nitrogens with zero attached hydrogens (tertiary/aromatic N) is 5. The number of carbonyl (C=O) groups excluding carboxylic acids is 1. The van der Waals surface area contributed by atoms with Crippen molar-refractivity contribution in [3.8, 4) is 5.69 Å². The zero-order chi connectivity index (χ0) is 17.8. The Morgan fingerprint density at radius 1 is 1.12 bits per heavy atom. The molecule has 1 aromatic heterocycles. The molecule has 1 atom stereocenters. The maximum absolute atomic E-state index is 12.8. The number of carbonyl (C=O) groups is 1. The predicted octanol–water partition coefficient (Wildman–Crippen LogP) is 3.16. The van der Waals surface area contributed by atoms with E-state index >= 15 is 0 Å². The van der Waals surface area contributed by atoms with Crippen LogP contribution in [0.25, 0.3) is 5.69 Å². The highest BCUT2D eigenvalue weighted by molar-refractivity contribution is 8.00. The fraction of sp³-hybridized carbons (Fsp3) is 0.556. The van der Waals surface area contributed by atoms with Crippen LogP contribution in [0.2, 0.25) is 0 Å². The lowest BCUT2D eigenvalue weighted by atomic mass is 10.1. The normalized spacial score (nSPS) is 16.5. The lowest BCUT2D eigenvalue weighted by molar-refractivity contribution is -0.130. The number of tetrazole rings is 1. The van der Waals surface area contributed by atoms with Crippen LogP contribution in [0.15, 0.2) is 23.4 Å². The van der Waals surface area contributed by atoms with Crippen LogP contribution in [-0.4, -0.2) is 49.4 Å². The quantitative estimate of drug-likeness (QED) is 0.785. The third-order valence-corrected chi connectivity index (χ3v) is 5.74. The van der Waals surface area contributed by atoms with E-state index in [1.807, 2.05) is 17.9 Å². The number of aryl methyl sites for hydroxylation is 2. The van der Waals surface area contributed by atoms with Gasteiger partial charge in [-0.25, -0.2) is 0 Å². The van der Waals surface area contributed by atoms with Gasteiger partial charge in [0.1, 0.15) is 0 Å². The van der Waals surface area contributed by atoms with Gasteiger partial charge in [0.25, 0.3) is 0 Å². The third kappa shape index (κ3) is 4.21. The molecule has 0 bridgehead atoms. The molecule has 6 nitrogen and oxygen atoms in total. The highest BCUT2D eigenvalue weighted by Gasteiger charge is 2.24. The molecule has 0 radical (unpaired) electrons. The summed E-state index contributed by atoms with van der Waals surface area (Å²) in [6.07, 6.45) is 4.64. The highest BCUT2D eigenvalue weighted by Crippen LogP contribution is 2.25. The number of rotatable bonds is 4. The van der Waals surface area contributed by atoms with Crippen molar-refractivity contribution in [2.24, 2.45) is 0 Å². The molecule has 1 aromatic carbocycles. The Balaban J connectivity index is 1.73. The summed E-state index contributed by atoms with van der Waals surface area (Å²) >= 11 is 1.43. The molecule has 1 saturated heterocycles. The largest absolute Gasteiger partial charge is 0.342 e. The topological polar surface area (TPSA) is 63.9 Å². The molecule has 1 unspecified atom stereocenters. The maximum atomic E-state index is 12.8. The smallest absolute Gasteiger partial charge is 0.235 e. The molecule has 3 rings (SSSR count). The highest BCUT2D eigenvalue weighted by atomic mass is 32.2. The summed E-state index contributed by atoms with van der Waals surface area (Å²) in [5, 5.41) is 12.5. The first-order chi connectivity index (χ1) is 12.1. The number of hydrogen-bond donors (Lipinski definition) is 0. The summed E-state index contributed by atoms with van der Waals surface area (Å²) in [5.41, 5.74) is 3.35. The van der Waals surface area contributed by atoms with Crippen LogP contribution in [0, 0.1) is 13.8 Å². The number of aromatic nitrogens is 4. The number of hydrogen-bond acceptors (Lipinski definition) is 5. The van der Waals surface area contributed by atoms with E-state index < -0.39 is 0 Å². The standard InChI is InChI=1S/C18H25N5OS/c1-13-8-9-16(12-14(13)2)23-18(19-20-21-23)25-15(3)17(24)22-10-6-4-5-7-11-22/h8-9,12,15H,4-7,10-11H2,1-3H3. The summed E-state index contributed by atoms with van der Waals surface area (Å²) in [5.74, 6) is 0.182. The molecule has 2 heterocycles. The molecule has 1 aliphatic rings. The first-order valence-corrected chi connectivity index (χ1v) is 9.75. The van der Waals surface area contributed by atoms with E-state index in [1.165, 1.54) is 35.7 Å². The average molecular weight is 359 g/mol. The fourth-order valence-electron chi connectivity index (χ4n) is 3.03. The lowest BCUT2D eigenvalue weighted by Crippen LogP contribution is -2.37. The van der Waals surface area contributed by atoms with Crippen LogP contribution in [0.1, 0.15) is 43.7 Å². The van der Waals surface area contributed by atoms with Crippen LogP contribution in [-0.2, 0) is 4.79 Å². The summed E-state index contributed by atoms with van der Waals surface area (Å²) in [6, 6.07) is 6.13. The molecule has 7 heteroatoms. The van der Waals surface area contributed by atoms with Crippen LogP contribution >= 0.6 is 11.8 Å². The Labute approximate surface area is 153 Å². The van der Waals surface area contributed by atoms with E-state index in [9.17, 15) is 4.79 Å². The van der Waals surface area contributed by atoms with Gasteiger partial charge in [-0.3, -0.25) is 4.79 Å². The molecule has 25 heavy (non-hydrogen) atoms. The zero-order valence-corrected chi connectivity index (χ0v) is 15.9. The van der Waals surface area contributed by atoms with Crippen molar-refractivity contribution in [3.05, 3.63) is 29.3 Å².